The molecule has 1 atom stereocenters. The number of benzene rings is 1. The molecule has 0 spiro atoms. The Morgan fingerprint density at radius 3 is 2.13 bits per heavy atom. The van der Waals surface area contributed by atoms with Crippen molar-refractivity contribution in [2.75, 3.05) is 0 Å². The highest BCUT2D eigenvalue weighted by molar-refractivity contribution is 5.13. The molecule has 1 rings (SSSR count). The quantitative estimate of drug-likeness (QED) is 0.248. The summed E-state index contributed by atoms with van der Waals surface area (Å²) in [6, 6.07) is 10.4. The molecule has 0 saturated heterocycles. The molecule has 0 aromatic heterocycles. The molecule has 0 aliphatic heterocycles. The zero-order chi connectivity index (χ0) is 16.6. The van der Waals surface area contributed by atoms with E-state index in [1.54, 1.807) is 0 Å². The Kier molecular flexibility index (Phi) is 12.6. The molecule has 0 radical (unpaired) electrons. The summed E-state index contributed by atoms with van der Waals surface area (Å²) in [5, 5.41) is 0. The van der Waals surface area contributed by atoms with Gasteiger partial charge in [-0.3, -0.25) is 0 Å². The number of ether oxygens (including phenoxy) is 1. The normalized spacial score (nSPS) is 12.2. The minimum Gasteiger partial charge on any atom is -0.373 e. The van der Waals surface area contributed by atoms with Gasteiger partial charge in [0.15, 0.2) is 0 Å². The van der Waals surface area contributed by atoms with E-state index in [0.717, 1.165) is 19.4 Å². The second-order valence-corrected chi connectivity index (χ2v) is 6.56. The molecule has 0 unspecified atom stereocenters. The summed E-state index contributed by atoms with van der Waals surface area (Å²) in [6.07, 6.45) is 16.9. The van der Waals surface area contributed by atoms with E-state index in [4.69, 9.17) is 4.74 Å². The summed E-state index contributed by atoms with van der Waals surface area (Å²) in [6.45, 7) is 6.87. The van der Waals surface area contributed by atoms with Gasteiger partial charge in [-0.1, -0.05) is 101 Å². The molecule has 1 nitrogen and oxygen atoms in total. The van der Waals surface area contributed by atoms with Gasteiger partial charge in [0.05, 0.1) is 12.7 Å². The fourth-order valence-corrected chi connectivity index (χ4v) is 2.93. The number of hydrogen-bond donors (Lipinski definition) is 0. The van der Waals surface area contributed by atoms with Crippen LogP contribution in [-0.4, -0.2) is 6.10 Å². The highest BCUT2D eigenvalue weighted by Crippen LogP contribution is 2.15. The van der Waals surface area contributed by atoms with E-state index in [9.17, 15) is 0 Å². The van der Waals surface area contributed by atoms with Crippen molar-refractivity contribution in [1.82, 2.24) is 0 Å². The first-order valence-corrected chi connectivity index (χ1v) is 9.63. The Morgan fingerprint density at radius 2 is 1.52 bits per heavy atom. The standard InChI is InChI=1S/C22H36O/c1-3-5-6-7-8-9-10-11-15-19-22(16-4-2)23-20-21-17-13-12-14-18-21/h4,12-14,17-18,22H,2-3,5-11,15-16,19-20H2,1H3/t22-/m0/s1. The van der Waals surface area contributed by atoms with Crippen molar-refractivity contribution in [3.63, 3.8) is 0 Å². The Hall–Kier alpha value is -1.08. The van der Waals surface area contributed by atoms with Crippen LogP contribution in [0.3, 0.4) is 0 Å². The monoisotopic (exact) mass is 316 g/mol. The number of unbranched alkanes of at least 4 members (excludes halogenated alkanes) is 8. The molecule has 0 aliphatic rings. The largest absolute Gasteiger partial charge is 0.373 e. The molecule has 0 amide bonds. The van der Waals surface area contributed by atoms with Crippen LogP contribution in [-0.2, 0) is 11.3 Å². The van der Waals surface area contributed by atoms with Crippen molar-refractivity contribution in [2.24, 2.45) is 0 Å². The molecule has 1 heteroatoms. The summed E-state index contributed by atoms with van der Waals surface area (Å²) >= 11 is 0. The first-order valence-electron chi connectivity index (χ1n) is 9.63. The van der Waals surface area contributed by atoms with Crippen LogP contribution in [0.2, 0.25) is 0 Å². The fraction of sp³-hybridized carbons (Fsp3) is 0.636. The van der Waals surface area contributed by atoms with Crippen molar-refractivity contribution in [1.29, 1.82) is 0 Å². The summed E-state index contributed by atoms with van der Waals surface area (Å²) in [4.78, 5) is 0. The van der Waals surface area contributed by atoms with Crippen molar-refractivity contribution >= 4 is 0 Å². The van der Waals surface area contributed by atoms with Crippen LogP contribution in [0.5, 0.6) is 0 Å². The molecule has 1 aromatic rings. The predicted octanol–water partition coefficient (Wildman–Crippen LogP) is 7.07. The molecule has 23 heavy (non-hydrogen) atoms. The summed E-state index contributed by atoms with van der Waals surface area (Å²) in [7, 11) is 0. The van der Waals surface area contributed by atoms with Crippen LogP contribution < -0.4 is 0 Å². The fourth-order valence-electron chi connectivity index (χ4n) is 2.93. The van der Waals surface area contributed by atoms with Crippen molar-refractivity contribution < 1.29 is 4.74 Å². The van der Waals surface area contributed by atoms with Crippen molar-refractivity contribution in [3.8, 4) is 0 Å². The molecule has 1 aromatic carbocycles. The van der Waals surface area contributed by atoms with Gasteiger partial charge in [-0.15, -0.1) is 6.58 Å². The van der Waals surface area contributed by atoms with E-state index < -0.39 is 0 Å². The maximum atomic E-state index is 6.07. The first-order chi connectivity index (χ1) is 11.4. The van der Waals surface area contributed by atoms with E-state index in [-0.39, 0.29) is 0 Å². The Morgan fingerprint density at radius 1 is 0.913 bits per heavy atom. The second kappa shape index (κ2) is 14.5. The third-order valence-electron chi connectivity index (χ3n) is 4.39. The number of rotatable bonds is 15. The first kappa shape index (κ1) is 20.0. The van der Waals surface area contributed by atoms with E-state index in [1.807, 2.05) is 12.1 Å². The average molecular weight is 317 g/mol. The smallest absolute Gasteiger partial charge is 0.0720 e. The van der Waals surface area contributed by atoms with Gasteiger partial charge in [0, 0.05) is 0 Å². The lowest BCUT2D eigenvalue weighted by atomic mass is 10.0. The molecule has 130 valence electrons. The molecule has 0 bridgehead atoms. The minimum absolute atomic E-state index is 0.331. The lowest BCUT2D eigenvalue weighted by Crippen LogP contribution is -2.12. The molecule has 0 heterocycles. The third kappa shape index (κ3) is 11.1. The minimum atomic E-state index is 0.331. The lowest BCUT2D eigenvalue weighted by Gasteiger charge is -2.16. The maximum Gasteiger partial charge on any atom is 0.0720 e. The predicted molar refractivity (Wildman–Crippen MR) is 102 cm³/mol. The van der Waals surface area contributed by atoms with Gasteiger partial charge in [0.25, 0.3) is 0 Å². The average Bonchev–Trinajstić information content (AvgIpc) is 2.59. The highest BCUT2D eigenvalue weighted by atomic mass is 16.5. The van der Waals surface area contributed by atoms with Crippen LogP contribution in [0.15, 0.2) is 43.0 Å². The second-order valence-electron chi connectivity index (χ2n) is 6.56. The highest BCUT2D eigenvalue weighted by Gasteiger charge is 2.07. The third-order valence-corrected chi connectivity index (χ3v) is 4.39. The van der Waals surface area contributed by atoms with Gasteiger partial charge in [-0.25, -0.2) is 0 Å². The van der Waals surface area contributed by atoms with Gasteiger partial charge in [-0.05, 0) is 18.4 Å². The molecule has 0 saturated carbocycles. The Bertz CT molecular complexity index is 371. The summed E-state index contributed by atoms with van der Waals surface area (Å²) in [5.41, 5.74) is 1.26. The molecular formula is C22H36O. The van der Waals surface area contributed by atoms with Crippen LogP contribution in [0.1, 0.15) is 83.1 Å². The van der Waals surface area contributed by atoms with Crippen LogP contribution >= 0.6 is 0 Å². The lowest BCUT2D eigenvalue weighted by molar-refractivity contribution is 0.0354. The van der Waals surface area contributed by atoms with Crippen molar-refractivity contribution in [3.05, 3.63) is 48.6 Å². The van der Waals surface area contributed by atoms with Gasteiger partial charge in [0.2, 0.25) is 0 Å². The van der Waals surface area contributed by atoms with Gasteiger partial charge >= 0.3 is 0 Å². The van der Waals surface area contributed by atoms with E-state index in [0.29, 0.717) is 6.10 Å². The van der Waals surface area contributed by atoms with Gasteiger partial charge in [-0.2, -0.15) is 0 Å². The zero-order valence-electron chi connectivity index (χ0n) is 15.1. The van der Waals surface area contributed by atoms with E-state index in [2.05, 4.69) is 37.8 Å². The summed E-state index contributed by atoms with van der Waals surface area (Å²) in [5.74, 6) is 0. The van der Waals surface area contributed by atoms with E-state index in [1.165, 1.54) is 63.4 Å². The Labute approximate surface area is 144 Å². The molecule has 0 aliphatic carbocycles. The maximum absolute atomic E-state index is 6.07. The topological polar surface area (TPSA) is 9.23 Å². The number of hydrogen-bond acceptors (Lipinski definition) is 1. The SMILES string of the molecule is C=CC[C@@H](CCCCCCCCCCC)OCc1ccccc1. The van der Waals surface area contributed by atoms with E-state index >= 15 is 0 Å². The molecule has 0 N–H and O–H groups in total. The molecule has 0 fully saturated rings. The van der Waals surface area contributed by atoms with Crippen LogP contribution in [0.4, 0.5) is 0 Å². The van der Waals surface area contributed by atoms with Crippen LogP contribution in [0, 0.1) is 0 Å². The molecular weight excluding hydrogens is 280 g/mol. The van der Waals surface area contributed by atoms with Crippen molar-refractivity contribution in [2.45, 2.75) is 90.3 Å². The Balaban J connectivity index is 2.05. The zero-order valence-corrected chi connectivity index (χ0v) is 15.1. The van der Waals surface area contributed by atoms with Gasteiger partial charge < -0.3 is 4.74 Å². The summed E-state index contributed by atoms with van der Waals surface area (Å²) < 4.78 is 6.07. The van der Waals surface area contributed by atoms with Crippen LogP contribution in [0.25, 0.3) is 0 Å². The van der Waals surface area contributed by atoms with Gasteiger partial charge in [0.1, 0.15) is 0 Å².